The molecule has 0 bridgehead atoms. The largest absolute Gasteiger partial charge is 0.352 e. The Balaban J connectivity index is 1.58. The minimum Gasteiger partial charge on any atom is -0.352 e. The smallest absolute Gasteiger partial charge is 0.274 e. The van der Waals surface area contributed by atoms with Crippen molar-refractivity contribution >= 4 is 29.1 Å². The van der Waals surface area contributed by atoms with Crippen LogP contribution in [0.2, 0.25) is 5.02 Å². The Bertz CT molecular complexity index is 976. The van der Waals surface area contributed by atoms with Crippen LogP contribution in [0.25, 0.3) is 0 Å². The molecule has 142 valence electrons. The molecule has 0 aliphatic rings. The molecule has 7 heteroatoms. The summed E-state index contributed by atoms with van der Waals surface area (Å²) in [5, 5.41) is 6.04. The van der Waals surface area contributed by atoms with E-state index in [4.69, 9.17) is 11.6 Å². The molecule has 0 unspecified atom stereocenters. The first kappa shape index (κ1) is 19.5. The van der Waals surface area contributed by atoms with Gasteiger partial charge in [-0.2, -0.15) is 0 Å². The Morgan fingerprint density at radius 2 is 1.68 bits per heavy atom. The lowest BCUT2D eigenvalue weighted by molar-refractivity contribution is 0.0954. The number of amides is 2. The number of hydrogen-bond donors (Lipinski definition) is 2. The molecule has 1 heterocycles. The van der Waals surface area contributed by atoms with Gasteiger partial charge in [0.25, 0.3) is 11.8 Å². The molecular weight excluding hydrogens is 381 g/mol. The van der Waals surface area contributed by atoms with Gasteiger partial charge in [0.1, 0.15) is 11.5 Å². The average molecular weight is 398 g/mol. The number of aromatic nitrogens is 1. The maximum Gasteiger partial charge on any atom is 0.274 e. The predicted octanol–water partition coefficient (Wildman–Crippen LogP) is 4.10. The lowest BCUT2D eigenvalue weighted by atomic mass is 10.1. The number of halogens is 2. The van der Waals surface area contributed by atoms with Crippen molar-refractivity contribution in [1.29, 1.82) is 0 Å². The first-order chi connectivity index (χ1) is 13.5. The summed E-state index contributed by atoms with van der Waals surface area (Å²) < 4.78 is 12.9. The van der Waals surface area contributed by atoms with Gasteiger partial charge in [-0.25, -0.2) is 4.39 Å². The van der Waals surface area contributed by atoms with Crippen molar-refractivity contribution in [3.63, 3.8) is 0 Å². The van der Waals surface area contributed by atoms with E-state index < -0.39 is 5.91 Å². The molecule has 3 aromatic rings. The molecule has 0 atom stereocenters. The fourth-order valence-corrected chi connectivity index (χ4v) is 2.62. The molecule has 0 fully saturated rings. The quantitative estimate of drug-likeness (QED) is 0.657. The highest BCUT2D eigenvalue weighted by Crippen LogP contribution is 2.14. The highest BCUT2D eigenvalue weighted by Gasteiger charge is 2.12. The Kier molecular flexibility index (Phi) is 6.34. The van der Waals surface area contributed by atoms with Gasteiger partial charge in [0.15, 0.2) is 0 Å². The third-order valence-electron chi connectivity index (χ3n) is 3.97. The van der Waals surface area contributed by atoms with Gasteiger partial charge in [0.05, 0.1) is 0 Å². The van der Waals surface area contributed by atoms with Crippen LogP contribution >= 0.6 is 11.6 Å². The molecule has 0 aliphatic carbocycles. The van der Waals surface area contributed by atoms with Crippen LogP contribution in [0.3, 0.4) is 0 Å². The third kappa shape index (κ3) is 5.37. The van der Waals surface area contributed by atoms with Crippen molar-refractivity contribution < 1.29 is 14.0 Å². The van der Waals surface area contributed by atoms with Gasteiger partial charge in [-0.15, -0.1) is 0 Å². The molecule has 2 N–H and O–H groups in total. The second-order valence-corrected chi connectivity index (χ2v) is 6.46. The number of nitrogens with one attached hydrogen (secondary N) is 2. The topological polar surface area (TPSA) is 71.1 Å². The molecule has 0 aliphatic heterocycles. The maximum atomic E-state index is 12.9. The van der Waals surface area contributed by atoms with Crippen LogP contribution in [-0.4, -0.2) is 23.3 Å². The highest BCUT2D eigenvalue weighted by molar-refractivity contribution is 6.30. The molecule has 1 aromatic heterocycles. The van der Waals surface area contributed by atoms with Crippen molar-refractivity contribution in [1.82, 2.24) is 10.3 Å². The average Bonchev–Trinajstić information content (AvgIpc) is 2.71. The zero-order chi connectivity index (χ0) is 19.9. The van der Waals surface area contributed by atoms with Gasteiger partial charge in [0.2, 0.25) is 0 Å². The Labute approximate surface area is 166 Å². The second kappa shape index (κ2) is 9.10. The first-order valence-electron chi connectivity index (χ1n) is 8.57. The van der Waals surface area contributed by atoms with E-state index in [9.17, 15) is 14.0 Å². The van der Waals surface area contributed by atoms with Crippen molar-refractivity contribution in [3.05, 3.63) is 94.5 Å². The van der Waals surface area contributed by atoms with Crippen LogP contribution in [-0.2, 0) is 6.42 Å². The summed E-state index contributed by atoms with van der Waals surface area (Å²) in [5.41, 5.74) is 1.95. The fourth-order valence-electron chi connectivity index (χ4n) is 2.50. The number of hydrogen-bond acceptors (Lipinski definition) is 3. The zero-order valence-corrected chi connectivity index (χ0v) is 15.5. The maximum absolute atomic E-state index is 12.9. The van der Waals surface area contributed by atoms with E-state index >= 15 is 0 Å². The molecule has 0 spiro atoms. The van der Waals surface area contributed by atoms with Crippen LogP contribution in [0, 0.1) is 5.82 Å². The lowest BCUT2D eigenvalue weighted by Crippen LogP contribution is -2.26. The van der Waals surface area contributed by atoms with Gasteiger partial charge in [0, 0.05) is 29.0 Å². The summed E-state index contributed by atoms with van der Waals surface area (Å²) in [5.74, 6) is -1.04. The van der Waals surface area contributed by atoms with Crippen LogP contribution in [0.1, 0.15) is 26.4 Å². The number of rotatable bonds is 6. The van der Waals surface area contributed by atoms with Crippen molar-refractivity contribution in [2.45, 2.75) is 6.42 Å². The van der Waals surface area contributed by atoms with E-state index in [0.717, 1.165) is 5.56 Å². The fraction of sp³-hybridized carbons (Fsp3) is 0.0952. The minimum atomic E-state index is -0.428. The van der Waals surface area contributed by atoms with E-state index in [-0.39, 0.29) is 17.4 Å². The van der Waals surface area contributed by atoms with Crippen molar-refractivity contribution in [2.24, 2.45) is 0 Å². The minimum absolute atomic E-state index is 0.126. The molecule has 3 rings (SSSR count). The number of benzene rings is 2. The van der Waals surface area contributed by atoms with Crippen molar-refractivity contribution in [3.8, 4) is 0 Å². The summed E-state index contributed by atoms with van der Waals surface area (Å²) >= 11 is 5.82. The van der Waals surface area contributed by atoms with E-state index in [2.05, 4.69) is 15.6 Å². The summed E-state index contributed by atoms with van der Waals surface area (Å²) in [7, 11) is 0. The lowest BCUT2D eigenvalue weighted by Gasteiger charge is -2.08. The van der Waals surface area contributed by atoms with E-state index in [1.165, 1.54) is 30.5 Å². The molecule has 5 nitrogen and oxygen atoms in total. The number of nitrogens with zero attached hydrogens (tertiary/aromatic N) is 1. The summed E-state index contributed by atoms with van der Waals surface area (Å²) in [4.78, 5) is 28.7. The monoisotopic (exact) mass is 397 g/mol. The number of pyridine rings is 1. The Morgan fingerprint density at radius 3 is 2.39 bits per heavy atom. The van der Waals surface area contributed by atoms with Gasteiger partial charge >= 0.3 is 0 Å². The number of carbonyl (C=O) groups excluding carboxylic acids is 2. The van der Waals surface area contributed by atoms with Crippen LogP contribution < -0.4 is 10.6 Å². The normalized spacial score (nSPS) is 10.4. The van der Waals surface area contributed by atoms with Crippen LogP contribution in [0.5, 0.6) is 0 Å². The van der Waals surface area contributed by atoms with Crippen LogP contribution in [0.15, 0.2) is 66.9 Å². The summed E-state index contributed by atoms with van der Waals surface area (Å²) in [6.07, 6.45) is 1.98. The molecule has 2 amide bonds. The van der Waals surface area contributed by atoms with Crippen LogP contribution in [0.4, 0.5) is 10.1 Å². The van der Waals surface area contributed by atoms with Crippen molar-refractivity contribution in [2.75, 3.05) is 11.9 Å². The standard InChI is InChI=1S/C21H17ClFN3O2/c22-16-3-7-18(8-4-16)26-21(28)19-13-15(10-12-24-19)20(27)25-11-9-14-1-5-17(23)6-2-14/h1-8,10,12-13H,9,11H2,(H,25,27)(H,26,28). The predicted molar refractivity (Wildman–Crippen MR) is 106 cm³/mol. The van der Waals surface area contributed by atoms with E-state index in [1.54, 1.807) is 36.4 Å². The SMILES string of the molecule is O=C(NCCc1ccc(F)cc1)c1ccnc(C(=O)Nc2ccc(Cl)cc2)c1. The number of carbonyl (C=O) groups is 2. The third-order valence-corrected chi connectivity index (χ3v) is 4.22. The Hall–Kier alpha value is -3.25. The summed E-state index contributed by atoms with van der Waals surface area (Å²) in [6.45, 7) is 0.388. The number of anilines is 1. The highest BCUT2D eigenvalue weighted by atomic mass is 35.5. The first-order valence-corrected chi connectivity index (χ1v) is 8.95. The molecule has 28 heavy (non-hydrogen) atoms. The molecule has 0 radical (unpaired) electrons. The molecule has 2 aromatic carbocycles. The molecule has 0 saturated carbocycles. The van der Waals surface area contributed by atoms with Gasteiger partial charge in [-0.3, -0.25) is 14.6 Å². The van der Waals surface area contributed by atoms with Gasteiger partial charge in [-0.1, -0.05) is 23.7 Å². The van der Waals surface area contributed by atoms with E-state index in [0.29, 0.717) is 29.2 Å². The molecular formula is C21H17ClFN3O2. The summed E-state index contributed by atoms with van der Waals surface area (Å²) in [6, 6.07) is 15.7. The second-order valence-electron chi connectivity index (χ2n) is 6.02. The Morgan fingerprint density at radius 1 is 0.964 bits per heavy atom. The van der Waals surface area contributed by atoms with Gasteiger partial charge < -0.3 is 10.6 Å². The van der Waals surface area contributed by atoms with Gasteiger partial charge in [-0.05, 0) is 60.5 Å². The van der Waals surface area contributed by atoms with E-state index in [1.807, 2.05) is 0 Å². The molecule has 0 saturated heterocycles. The zero-order valence-electron chi connectivity index (χ0n) is 14.8.